The van der Waals surface area contributed by atoms with Gasteiger partial charge in [-0.25, -0.2) is 0 Å². The van der Waals surface area contributed by atoms with Crippen LogP contribution in [0.25, 0.3) is 11.3 Å². The predicted octanol–water partition coefficient (Wildman–Crippen LogP) is 2.60. The quantitative estimate of drug-likeness (QED) is 0.770. The Labute approximate surface area is 156 Å². The van der Waals surface area contributed by atoms with Gasteiger partial charge in [-0.2, -0.15) is 0 Å². The fourth-order valence-electron chi connectivity index (χ4n) is 3.27. The highest BCUT2D eigenvalue weighted by Crippen LogP contribution is 2.31. The zero-order chi connectivity index (χ0) is 17.8. The summed E-state index contributed by atoms with van der Waals surface area (Å²) in [5.41, 5.74) is 1.87. The minimum atomic E-state index is -0.442. The van der Waals surface area contributed by atoms with Gasteiger partial charge in [0.1, 0.15) is 5.03 Å². The number of hydrogen-bond acceptors (Lipinski definition) is 6. The molecule has 2 fully saturated rings. The predicted molar refractivity (Wildman–Crippen MR) is 98.6 cm³/mol. The first-order valence-electron chi connectivity index (χ1n) is 8.82. The van der Waals surface area contributed by atoms with Crippen molar-refractivity contribution in [2.24, 2.45) is 0 Å². The van der Waals surface area contributed by atoms with E-state index in [2.05, 4.69) is 10.2 Å². The molecule has 0 N–H and O–H groups in total. The summed E-state index contributed by atoms with van der Waals surface area (Å²) in [6, 6.07) is 13.8. The maximum absolute atomic E-state index is 12.4. The summed E-state index contributed by atoms with van der Waals surface area (Å²) in [5, 5.41) is 9.25. The van der Waals surface area contributed by atoms with Crippen LogP contribution in [0, 0.1) is 0 Å². The molecule has 3 heterocycles. The summed E-state index contributed by atoms with van der Waals surface area (Å²) < 4.78 is 11.4. The molecule has 6 nitrogen and oxygen atoms in total. The van der Waals surface area contributed by atoms with Crippen LogP contribution in [-0.2, 0) is 14.3 Å². The van der Waals surface area contributed by atoms with Crippen molar-refractivity contribution in [3.63, 3.8) is 0 Å². The molecule has 0 unspecified atom stereocenters. The van der Waals surface area contributed by atoms with E-state index in [1.165, 1.54) is 11.8 Å². The number of ether oxygens (including phenoxy) is 2. The lowest BCUT2D eigenvalue weighted by atomic mass is 10.0. The molecular formula is C19H21N3O3S. The van der Waals surface area contributed by atoms with Gasteiger partial charge >= 0.3 is 0 Å². The highest BCUT2D eigenvalue weighted by molar-refractivity contribution is 7.99. The van der Waals surface area contributed by atoms with Gasteiger partial charge in [0.05, 0.1) is 24.7 Å². The first-order valence-corrected chi connectivity index (χ1v) is 9.80. The minimum Gasteiger partial charge on any atom is -0.347 e. The van der Waals surface area contributed by atoms with Crippen molar-refractivity contribution in [2.45, 2.75) is 23.7 Å². The van der Waals surface area contributed by atoms with Crippen LogP contribution in [0.1, 0.15) is 12.8 Å². The number of carbonyl (C=O) groups excluding carboxylic acids is 1. The molecule has 2 aliphatic heterocycles. The standard InChI is InChI=1S/C19H21N3O3S/c23-18(22-10-8-19(9-11-22)24-12-13-25-19)14-26-17-7-6-16(20-21-17)15-4-2-1-3-5-15/h1-7H,8-14H2. The molecule has 1 aromatic heterocycles. The van der Waals surface area contributed by atoms with Crippen LogP contribution >= 0.6 is 11.8 Å². The molecule has 1 amide bonds. The second-order valence-electron chi connectivity index (χ2n) is 6.40. The van der Waals surface area contributed by atoms with Gasteiger partial charge in [-0.05, 0) is 12.1 Å². The summed E-state index contributed by atoms with van der Waals surface area (Å²) in [5.74, 6) is 0.0493. The van der Waals surface area contributed by atoms with Crippen molar-refractivity contribution in [3.05, 3.63) is 42.5 Å². The third-order valence-electron chi connectivity index (χ3n) is 4.74. The van der Waals surface area contributed by atoms with Crippen LogP contribution in [0.2, 0.25) is 0 Å². The lowest BCUT2D eigenvalue weighted by Crippen LogP contribution is -2.47. The Kier molecular flexibility index (Phi) is 5.19. The molecule has 26 heavy (non-hydrogen) atoms. The zero-order valence-electron chi connectivity index (χ0n) is 14.5. The van der Waals surface area contributed by atoms with E-state index in [1.807, 2.05) is 47.4 Å². The monoisotopic (exact) mass is 371 g/mol. The average Bonchev–Trinajstić information content (AvgIpc) is 3.16. The SMILES string of the molecule is O=C(CSc1ccc(-c2ccccc2)nn1)N1CCC2(CC1)OCCO2. The van der Waals surface area contributed by atoms with E-state index in [0.717, 1.165) is 29.1 Å². The normalized spacial score (nSPS) is 19.0. The Morgan fingerprint density at radius 2 is 1.77 bits per heavy atom. The third-order valence-corrected chi connectivity index (χ3v) is 5.65. The molecule has 136 valence electrons. The second kappa shape index (κ2) is 7.73. The number of nitrogens with zero attached hydrogens (tertiary/aromatic N) is 3. The molecule has 0 saturated carbocycles. The van der Waals surface area contributed by atoms with Gasteiger partial charge in [0, 0.05) is 31.5 Å². The molecule has 2 aliphatic rings. The Morgan fingerprint density at radius 1 is 1.04 bits per heavy atom. The van der Waals surface area contributed by atoms with E-state index in [-0.39, 0.29) is 5.91 Å². The van der Waals surface area contributed by atoms with Crippen LogP contribution in [0.4, 0.5) is 0 Å². The van der Waals surface area contributed by atoms with Gasteiger partial charge in [0.2, 0.25) is 5.91 Å². The number of likely N-dealkylation sites (tertiary alicyclic amines) is 1. The number of rotatable bonds is 4. The number of piperidine rings is 1. The van der Waals surface area contributed by atoms with E-state index < -0.39 is 5.79 Å². The minimum absolute atomic E-state index is 0.122. The number of benzene rings is 1. The van der Waals surface area contributed by atoms with E-state index in [9.17, 15) is 4.79 Å². The van der Waals surface area contributed by atoms with E-state index in [1.54, 1.807) is 0 Å². The van der Waals surface area contributed by atoms with Crippen molar-refractivity contribution in [3.8, 4) is 11.3 Å². The van der Waals surface area contributed by atoms with Crippen LogP contribution in [0.15, 0.2) is 47.5 Å². The first-order chi connectivity index (χ1) is 12.7. The third kappa shape index (κ3) is 3.90. The molecule has 0 aliphatic carbocycles. The molecule has 0 atom stereocenters. The first kappa shape index (κ1) is 17.5. The Balaban J connectivity index is 1.28. The molecule has 4 rings (SSSR count). The number of thioether (sulfide) groups is 1. The molecule has 0 radical (unpaired) electrons. The van der Waals surface area contributed by atoms with Gasteiger partial charge in [-0.3, -0.25) is 4.79 Å². The van der Waals surface area contributed by atoms with Crippen molar-refractivity contribution < 1.29 is 14.3 Å². The topological polar surface area (TPSA) is 64.6 Å². The summed E-state index contributed by atoms with van der Waals surface area (Å²) >= 11 is 1.42. The molecular weight excluding hydrogens is 350 g/mol. The summed E-state index contributed by atoms with van der Waals surface area (Å²) in [7, 11) is 0. The zero-order valence-corrected chi connectivity index (χ0v) is 15.3. The van der Waals surface area contributed by atoms with Gasteiger partial charge in [-0.1, -0.05) is 42.1 Å². The smallest absolute Gasteiger partial charge is 0.232 e. The number of carbonyl (C=O) groups is 1. The number of aromatic nitrogens is 2. The van der Waals surface area contributed by atoms with Gasteiger partial charge < -0.3 is 14.4 Å². The highest BCUT2D eigenvalue weighted by Gasteiger charge is 2.40. The van der Waals surface area contributed by atoms with Crippen LogP contribution in [-0.4, -0.2) is 58.8 Å². The lowest BCUT2D eigenvalue weighted by Gasteiger charge is -2.37. The number of amides is 1. The molecule has 2 aromatic rings. The number of hydrogen-bond donors (Lipinski definition) is 0. The van der Waals surface area contributed by atoms with E-state index in [0.29, 0.717) is 32.1 Å². The van der Waals surface area contributed by atoms with Crippen LogP contribution < -0.4 is 0 Å². The van der Waals surface area contributed by atoms with Crippen LogP contribution in [0.5, 0.6) is 0 Å². The average molecular weight is 371 g/mol. The second-order valence-corrected chi connectivity index (χ2v) is 7.40. The summed E-state index contributed by atoms with van der Waals surface area (Å²) in [6.07, 6.45) is 1.49. The summed E-state index contributed by atoms with van der Waals surface area (Å²) in [6.45, 7) is 2.67. The highest BCUT2D eigenvalue weighted by atomic mass is 32.2. The fraction of sp³-hybridized carbons (Fsp3) is 0.421. The van der Waals surface area contributed by atoms with Crippen molar-refractivity contribution in [1.29, 1.82) is 0 Å². The van der Waals surface area contributed by atoms with Gasteiger partial charge in [0.25, 0.3) is 0 Å². The van der Waals surface area contributed by atoms with Crippen molar-refractivity contribution in [2.75, 3.05) is 32.1 Å². The van der Waals surface area contributed by atoms with E-state index in [4.69, 9.17) is 9.47 Å². The Hall–Kier alpha value is -1.96. The van der Waals surface area contributed by atoms with E-state index >= 15 is 0 Å². The van der Waals surface area contributed by atoms with Gasteiger partial charge in [-0.15, -0.1) is 10.2 Å². The molecule has 7 heteroatoms. The molecule has 0 bridgehead atoms. The molecule has 1 spiro atoms. The molecule has 1 aromatic carbocycles. The van der Waals surface area contributed by atoms with Gasteiger partial charge in [0.15, 0.2) is 5.79 Å². The van der Waals surface area contributed by atoms with Crippen molar-refractivity contribution in [1.82, 2.24) is 15.1 Å². The Morgan fingerprint density at radius 3 is 2.42 bits per heavy atom. The largest absolute Gasteiger partial charge is 0.347 e. The maximum Gasteiger partial charge on any atom is 0.232 e. The Bertz CT molecular complexity index is 738. The molecule has 2 saturated heterocycles. The van der Waals surface area contributed by atoms with Crippen molar-refractivity contribution >= 4 is 17.7 Å². The fourth-order valence-corrected chi connectivity index (χ4v) is 3.99. The lowest BCUT2D eigenvalue weighted by molar-refractivity contribution is -0.186. The summed E-state index contributed by atoms with van der Waals surface area (Å²) in [4.78, 5) is 14.3. The van der Waals surface area contributed by atoms with Crippen LogP contribution in [0.3, 0.4) is 0 Å². The maximum atomic E-state index is 12.4.